The van der Waals surface area contributed by atoms with E-state index in [4.69, 9.17) is 11.1 Å². The second-order valence-corrected chi connectivity index (χ2v) is 8.76. The summed E-state index contributed by atoms with van der Waals surface area (Å²) >= 11 is 0. The molecule has 0 aliphatic rings. The maximum absolute atomic E-state index is 13.2. The second-order valence-electron chi connectivity index (χ2n) is 8.02. The van der Waals surface area contributed by atoms with Crippen LogP contribution in [0.15, 0.2) is 72.8 Å². The van der Waals surface area contributed by atoms with Gasteiger partial charge in [0.15, 0.2) is 0 Å². The van der Waals surface area contributed by atoms with E-state index >= 15 is 0 Å². The maximum atomic E-state index is 13.2. The fourth-order valence-electron chi connectivity index (χ4n) is 3.63. The summed E-state index contributed by atoms with van der Waals surface area (Å²) in [7, 11) is -2.85. The van der Waals surface area contributed by atoms with E-state index in [9.17, 15) is 13.2 Å². The van der Waals surface area contributed by atoms with Crippen LogP contribution >= 0.6 is 0 Å². The van der Waals surface area contributed by atoms with Crippen LogP contribution in [-0.2, 0) is 28.7 Å². The Kier molecular flexibility index (Phi) is 7.84. The molecule has 3 rings (SSSR count). The summed E-state index contributed by atoms with van der Waals surface area (Å²) in [5, 5.41) is 7.63. The molecule has 3 aromatic rings. The van der Waals surface area contributed by atoms with Crippen molar-refractivity contribution in [1.82, 2.24) is 4.90 Å². The summed E-state index contributed by atoms with van der Waals surface area (Å²) in [6, 6.07) is 22.1. The van der Waals surface area contributed by atoms with Gasteiger partial charge in [-0.3, -0.25) is 14.9 Å². The molecule has 172 valence electrons. The van der Waals surface area contributed by atoms with E-state index in [2.05, 4.69) is 4.72 Å². The quantitative estimate of drug-likeness (QED) is 0.220. The van der Waals surface area contributed by atoms with E-state index in [0.717, 1.165) is 16.7 Å². The van der Waals surface area contributed by atoms with Gasteiger partial charge in [0.2, 0.25) is 16.8 Å². The zero-order chi connectivity index (χ0) is 24.0. The van der Waals surface area contributed by atoms with E-state index in [1.54, 1.807) is 17.0 Å². The van der Waals surface area contributed by atoms with Crippen molar-refractivity contribution >= 4 is 28.3 Å². The Morgan fingerprint density at radius 3 is 2.36 bits per heavy atom. The fraction of sp³-hybridized carbons (Fsp3) is 0.200. The molecular weight excluding hydrogens is 436 g/mol. The Labute approximate surface area is 195 Å². The van der Waals surface area contributed by atoms with Gasteiger partial charge in [-0.2, -0.15) is 0 Å². The molecule has 4 N–H and O–H groups in total. The van der Waals surface area contributed by atoms with Crippen LogP contribution in [0, 0.1) is 5.41 Å². The maximum Gasteiger partial charge on any atom is 0.227 e. The molecule has 0 aliphatic heterocycles. The van der Waals surface area contributed by atoms with Gasteiger partial charge in [0.1, 0.15) is 5.84 Å². The van der Waals surface area contributed by atoms with Crippen molar-refractivity contribution < 1.29 is 13.2 Å². The summed E-state index contributed by atoms with van der Waals surface area (Å²) in [4.78, 5) is 14.9. The van der Waals surface area contributed by atoms with E-state index in [0.29, 0.717) is 23.4 Å². The van der Waals surface area contributed by atoms with Crippen LogP contribution in [0.25, 0.3) is 11.1 Å². The first-order chi connectivity index (χ1) is 15.7. The van der Waals surface area contributed by atoms with E-state index in [1.165, 1.54) is 0 Å². The highest BCUT2D eigenvalue weighted by atomic mass is 32.2. The Balaban J connectivity index is 1.85. The Morgan fingerprint density at radius 1 is 1.00 bits per heavy atom. The van der Waals surface area contributed by atoms with E-state index in [1.807, 2.05) is 74.5 Å². The lowest BCUT2D eigenvalue weighted by Gasteiger charge is -2.27. The molecule has 0 fully saturated rings. The number of rotatable bonds is 9. The average molecular weight is 465 g/mol. The third-order valence-electron chi connectivity index (χ3n) is 5.27. The number of hydrogen-bond donors (Lipinski definition) is 4. The number of nitrogens with two attached hydrogens (primary N) is 1. The van der Waals surface area contributed by atoms with Crippen molar-refractivity contribution in [3.8, 4) is 11.1 Å². The highest BCUT2D eigenvalue weighted by Crippen LogP contribution is 2.29. The summed E-state index contributed by atoms with van der Waals surface area (Å²) in [6.07, 6.45) is 0.129. The van der Waals surface area contributed by atoms with Gasteiger partial charge in [-0.1, -0.05) is 60.7 Å². The molecule has 0 radical (unpaired) electrons. The Bertz CT molecular complexity index is 1220. The molecule has 0 bridgehead atoms. The number of nitrogens with zero attached hydrogens (tertiary/aromatic N) is 1. The summed E-state index contributed by atoms with van der Waals surface area (Å²) in [6.45, 7) is 4.28. The van der Waals surface area contributed by atoms with Crippen LogP contribution in [-0.4, -0.2) is 31.1 Å². The van der Waals surface area contributed by atoms with Crippen molar-refractivity contribution in [2.24, 2.45) is 5.73 Å². The molecule has 8 heteroatoms. The number of carbonyl (C=O) groups is 1. The lowest BCUT2D eigenvalue weighted by atomic mass is 10.00. The third kappa shape index (κ3) is 6.43. The Hall–Kier alpha value is -3.65. The van der Waals surface area contributed by atoms with Crippen LogP contribution in [0.3, 0.4) is 0 Å². The van der Waals surface area contributed by atoms with Gasteiger partial charge in [0.05, 0.1) is 12.1 Å². The minimum atomic E-state index is -2.85. The van der Waals surface area contributed by atoms with Gasteiger partial charge in [-0.25, -0.2) is 8.42 Å². The van der Waals surface area contributed by atoms with Gasteiger partial charge in [-0.15, -0.1) is 0 Å². The van der Waals surface area contributed by atoms with Crippen molar-refractivity contribution in [2.45, 2.75) is 32.9 Å². The summed E-state index contributed by atoms with van der Waals surface area (Å²) in [5.41, 5.74) is 9.86. The number of benzene rings is 3. The van der Waals surface area contributed by atoms with Crippen LogP contribution in [0.5, 0.6) is 0 Å². The number of thiol groups is 1. The molecule has 0 atom stereocenters. The first-order valence-corrected chi connectivity index (χ1v) is 11.7. The monoisotopic (exact) mass is 464 g/mol. The number of amidine groups is 1. The lowest BCUT2D eigenvalue weighted by molar-refractivity contribution is -0.132. The van der Waals surface area contributed by atoms with Gasteiger partial charge in [0, 0.05) is 23.7 Å². The number of nitrogens with one attached hydrogen (secondary N) is 2. The van der Waals surface area contributed by atoms with Crippen molar-refractivity contribution in [3.63, 3.8) is 0 Å². The predicted molar refractivity (Wildman–Crippen MR) is 133 cm³/mol. The van der Waals surface area contributed by atoms with Gasteiger partial charge < -0.3 is 10.6 Å². The number of hydrogen-bond acceptors (Lipinski definition) is 4. The van der Waals surface area contributed by atoms with E-state index in [-0.39, 0.29) is 24.2 Å². The van der Waals surface area contributed by atoms with Crippen molar-refractivity contribution in [1.29, 1.82) is 5.41 Å². The summed E-state index contributed by atoms with van der Waals surface area (Å²) < 4.78 is 25.3. The van der Waals surface area contributed by atoms with E-state index < -0.39 is 10.9 Å². The summed E-state index contributed by atoms with van der Waals surface area (Å²) in [5.74, 6) is -0.0994. The average Bonchev–Trinajstić information content (AvgIpc) is 2.77. The zero-order valence-corrected chi connectivity index (χ0v) is 19.5. The SMILES string of the molecule is CC(C)N(Cc1cccc(C(=N)N)c1)C(=O)Cc1ccc(-c2ccccc2)c(N[SH](=O)=O)c1. The molecule has 1 amide bonds. The van der Waals surface area contributed by atoms with Gasteiger partial charge >= 0.3 is 0 Å². The molecule has 7 nitrogen and oxygen atoms in total. The highest BCUT2D eigenvalue weighted by Gasteiger charge is 2.19. The zero-order valence-electron chi connectivity index (χ0n) is 18.6. The van der Waals surface area contributed by atoms with Crippen molar-refractivity contribution in [2.75, 3.05) is 4.72 Å². The molecule has 0 aromatic heterocycles. The predicted octanol–water partition coefficient (Wildman–Crippen LogP) is 3.56. The molecule has 0 heterocycles. The van der Waals surface area contributed by atoms with Crippen LogP contribution in [0.4, 0.5) is 5.69 Å². The molecular formula is C25H28N4O3S. The molecule has 3 aromatic carbocycles. The topological polar surface area (TPSA) is 116 Å². The van der Waals surface area contributed by atoms with Gasteiger partial charge in [0.25, 0.3) is 0 Å². The largest absolute Gasteiger partial charge is 0.384 e. The number of amides is 1. The fourth-order valence-corrected chi connectivity index (χ4v) is 4.01. The van der Waals surface area contributed by atoms with Crippen LogP contribution < -0.4 is 10.5 Å². The molecule has 0 saturated carbocycles. The van der Waals surface area contributed by atoms with Gasteiger partial charge in [-0.05, 0) is 42.7 Å². The first kappa shape index (κ1) is 24.0. The van der Waals surface area contributed by atoms with Crippen LogP contribution in [0.1, 0.15) is 30.5 Å². The van der Waals surface area contributed by atoms with Crippen molar-refractivity contribution in [3.05, 3.63) is 89.5 Å². The molecule has 0 unspecified atom stereocenters. The van der Waals surface area contributed by atoms with Crippen LogP contribution in [0.2, 0.25) is 0 Å². The molecule has 33 heavy (non-hydrogen) atoms. The minimum Gasteiger partial charge on any atom is -0.384 e. The smallest absolute Gasteiger partial charge is 0.227 e. The first-order valence-electron chi connectivity index (χ1n) is 10.6. The normalized spacial score (nSPS) is 10.9. The molecule has 0 saturated heterocycles. The minimum absolute atomic E-state index is 0.0190. The third-order valence-corrected chi connectivity index (χ3v) is 5.69. The molecule has 0 aliphatic carbocycles. The molecule has 0 spiro atoms. The standard InChI is InChI=1S/C25H28N4O3S/c1-17(2)29(16-19-7-6-10-21(13-19)25(26)27)24(30)15-18-11-12-22(20-8-4-3-5-9-20)23(14-18)28-33(31)32/h3-14,17,33H,15-16H2,1-2H3,(H3,26,27)(H,28,31,32). The number of carbonyl (C=O) groups excluding carboxylic acids is 1. The number of nitrogen functional groups attached to an aromatic ring is 1. The lowest BCUT2D eigenvalue weighted by Crippen LogP contribution is -2.37. The number of anilines is 1. The second kappa shape index (κ2) is 10.8. The highest BCUT2D eigenvalue weighted by molar-refractivity contribution is 7.73. The Morgan fingerprint density at radius 2 is 1.73 bits per heavy atom.